The van der Waals surface area contributed by atoms with Gasteiger partial charge in [0, 0.05) is 12.5 Å². The molecule has 0 unspecified atom stereocenters. The number of nitrogens with zero attached hydrogens (tertiary/aromatic N) is 3. The molecule has 2 heterocycles. The van der Waals surface area contributed by atoms with E-state index in [9.17, 15) is 18.0 Å². The maximum absolute atomic E-state index is 13.4. The quantitative estimate of drug-likeness (QED) is 0.436. The van der Waals surface area contributed by atoms with Crippen LogP contribution in [0.4, 0.5) is 5.69 Å². The van der Waals surface area contributed by atoms with E-state index < -0.39 is 21.7 Å². The minimum atomic E-state index is -3.58. The Balaban J connectivity index is 2.05. The van der Waals surface area contributed by atoms with E-state index in [-0.39, 0.29) is 40.1 Å². The van der Waals surface area contributed by atoms with E-state index in [0.717, 1.165) is 6.26 Å². The molecule has 186 valence electrons. The molecule has 0 aliphatic heterocycles. The summed E-state index contributed by atoms with van der Waals surface area (Å²) in [6.07, 6.45) is 3.09. The summed E-state index contributed by atoms with van der Waals surface area (Å²) in [6, 6.07) is 9.47. The predicted octanol–water partition coefficient (Wildman–Crippen LogP) is 2.68. The van der Waals surface area contributed by atoms with Gasteiger partial charge in [-0.3, -0.25) is 19.3 Å². The Hall–Kier alpha value is -3.73. The van der Waals surface area contributed by atoms with Crippen LogP contribution in [0.2, 0.25) is 0 Å². The van der Waals surface area contributed by atoms with Crippen molar-refractivity contribution in [2.24, 2.45) is 11.7 Å². The highest BCUT2D eigenvalue weighted by Crippen LogP contribution is 2.27. The monoisotopic (exact) mass is 499 g/mol. The van der Waals surface area contributed by atoms with Crippen molar-refractivity contribution in [2.75, 3.05) is 18.2 Å². The number of benzene rings is 1. The van der Waals surface area contributed by atoms with Gasteiger partial charge in [-0.25, -0.2) is 8.42 Å². The van der Waals surface area contributed by atoms with Gasteiger partial charge in [0.05, 0.1) is 40.7 Å². The number of aromatic nitrogens is 3. The van der Waals surface area contributed by atoms with Crippen LogP contribution in [0.1, 0.15) is 53.0 Å². The number of anilines is 1. The van der Waals surface area contributed by atoms with Gasteiger partial charge in [-0.2, -0.15) is 5.10 Å². The smallest absolute Gasteiger partial charge is 0.269 e. The standard InChI is InChI=1S/C24H29N5O5S/c1-5-19-21(22(23(25)30)29(28-19)13-16-8-6-7-11-26-16)27-24(31)18-12-17(35(4,32)33)9-10-20(18)34-14-15(2)3/h6-12,15H,5,13-14H2,1-4H3,(H2,25,30)(H,27,31). The molecule has 2 amide bonds. The van der Waals surface area contributed by atoms with Crippen molar-refractivity contribution in [3.05, 3.63) is 65.2 Å². The fourth-order valence-electron chi connectivity index (χ4n) is 3.38. The number of nitrogens with two attached hydrogens (primary N) is 1. The van der Waals surface area contributed by atoms with Gasteiger partial charge in [-0.05, 0) is 42.7 Å². The predicted molar refractivity (Wildman–Crippen MR) is 131 cm³/mol. The second kappa shape index (κ2) is 10.7. The number of hydrogen-bond donors (Lipinski definition) is 2. The zero-order chi connectivity index (χ0) is 25.8. The highest BCUT2D eigenvalue weighted by Gasteiger charge is 2.25. The van der Waals surface area contributed by atoms with Gasteiger partial charge in [0.25, 0.3) is 11.8 Å². The minimum Gasteiger partial charge on any atom is -0.492 e. The van der Waals surface area contributed by atoms with Crippen molar-refractivity contribution >= 4 is 27.3 Å². The molecule has 1 aromatic carbocycles. The number of carbonyl (C=O) groups is 2. The van der Waals surface area contributed by atoms with Crippen LogP contribution in [0.5, 0.6) is 5.75 Å². The van der Waals surface area contributed by atoms with Crippen LogP contribution >= 0.6 is 0 Å². The number of ether oxygens (including phenoxy) is 1. The van der Waals surface area contributed by atoms with Gasteiger partial charge >= 0.3 is 0 Å². The largest absolute Gasteiger partial charge is 0.492 e. The molecule has 10 nitrogen and oxygen atoms in total. The molecule has 11 heteroatoms. The van der Waals surface area contributed by atoms with Crippen molar-refractivity contribution in [1.29, 1.82) is 0 Å². The van der Waals surface area contributed by atoms with E-state index in [1.807, 2.05) is 26.8 Å². The maximum atomic E-state index is 13.4. The first-order chi connectivity index (χ1) is 16.5. The van der Waals surface area contributed by atoms with Crippen LogP contribution < -0.4 is 15.8 Å². The fourth-order valence-corrected chi connectivity index (χ4v) is 4.03. The lowest BCUT2D eigenvalue weighted by Crippen LogP contribution is -2.22. The van der Waals surface area contributed by atoms with Crippen LogP contribution in [0.3, 0.4) is 0 Å². The van der Waals surface area contributed by atoms with Gasteiger partial charge in [0.2, 0.25) is 0 Å². The lowest BCUT2D eigenvalue weighted by atomic mass is 10.1. The topological polar surface area (TPSA) is 146 Å². The molecular formula is C24H29N5O5S. The summed E-state index contributed by atoms with van der Waals surface area (Å²) < 4.78 is 31.4. The third-order valence-corrected chi connectivity index (χ3v) is 6.18. The summed E-state index contributed by atoms with van der Waals surface area (Å²) >= 11 is 0. The molecule has 0 fully saturated rings. The Morgan fingerprint density at radius 1 is 1.20 bits per heavy atom. The van der Waals surface area contributed by atoms with Crippen LogP contribution in [0.25, 0.3) is 0 Å². The first-order valence-electron chi connectivity index (χ1n) is 11.1. The number of pyridine rings is 1. The summed E-state index contributed by atoms with van der Waals surface area (Å²) in [5, 5.41) is 7.19. The Morgan fingerprint density at radius 3 is 2.51 bits per heavy atom. The molecule has 3 N–H and O–H groups in total. The van der Waals surface area contributed by atoms with E-state index in [2.05, 4.69) is 15.4 Å². The normalized spacial score (nSPS) is 11.5. The lowest BCUT2D eigenvalue weighted by molar-refractivity contribution is 0.0991. The zero-order valence-corrected chi connectivity index (χ0v) is 20.9. The number of carbonyl (C=O) groups excluding carboxylic acids is 2. The Labute approximate surface area is 204 Å². The molecule has 0 aliphatic rings. The van der Waals surface area contributed by atoms with Crippen LogP contribution in [-0.2, 0) is 22.8 Å². The summed E-state index contributed by atoms with van der Waals surface area (Å²) in [6.45, 7) is 6.23. The van der Waals surface area contributed by atoms with Crippen molar-refractivity contribution < 1.29 is 22.7 Å². The Bertz CT molecular complexity index is 1330. The molecule has 2 aromatic heterocycles. The second-order valence-corrected chi connectivity index (χ2v) is 10.5. The van der Waals surface area contributed by atoms with Gasteiger partial charge in [-0.15, -0.1) is 0 Å². The van der Waals surface area contributed by atoms with E-state index in [1.54, 1.807) is 18.3 Å². The number of hydrogen-bond acceptors (Lipinski definition) is 7. The molecule has 0 atom stereocenters. The van der Waals surface area contributed by atoms with E-state index >= 15 is 0 Å². The van der Waals surface area contributed by atoms with Crippen molar-refractivity contribution in [2.45, 2.75) is 38.6 Å². The molecule has 0 aliphatic carbocycles. The summed E-state index contributed by atoms with van der Waals surface area (Å²) in [7, 11) is -3.58. The number of rotatable bonds is 10. The average molecular weight is 500 g/mol. The van der Waals surface area contributed by atoms with Gasteiger partial charge in [0.15, 0.2) is 9.84 Å². The summed E-state index contributed by atoms with van der Waals surface area (Å²) in [5.41, 5.74) is 6.98. The Kier molecular flexibility index (Phi) is 7.90. The highest BCUT2D eigenvalue weighted by atomic mass is 32.2. The molecule has 3 rings (SSSR count). The van der Waals surface area contributed by atoms with Gasteiger partial charge in [-0.1, -0.05) is 26.8 Å². The third-order valence-electron chi connectivity index (χ3n) is 5.07. The minimum absolute atomic E-state index is 0.0172. The van der Waals surface area contributed by atoms with Crippen LogP contribution in [-0.4, -0.2) is 47.9 Å². The molecule has 0 spiro atoms. The molecule has 0 bridgehead atoms. The van der Waals surface area contributed by atoms with Crippen LogP contribution in [0, 0.1) is 5.92 Å². The summed E-state index contributed by atoms with van der Waals surface area (Å²) in [4.78, 5) is 30.0. The first kappa shape index (κ1) is 25.9. The summed E-state index contributed by atoms with van der Waals surface area (Å²) in [5.74, 6) is -1.02. The number of amides is 2. The Morgan fingerprint density at radius 2 is 1.94 bits per heavy atom. The molecule has 3 aromatic rings. The average Bonchev–Trinajstić information content (AvgIpc) is 3.14. The SMILES string of the molecule is CCc1nn(Cc2ccccn2)c(C(N)=O)c1NC(=O)c1cc(S(C)(=O)=O)ccc1OCC(C)C. The highest BCUT2D eigenvalue weighted by molar-refractivity contribution is 7.90. The van der Waals surface area contributed by atoms with Crippen LogP contribution in [0.15, 0.2) is 47.5 Å². The molecule has 35 heavy (non-hydrogen) atoms. The number of primary amides is 1. The van der Waals surface area contributed by atoms with Crippen molar-refractivity contribution in [1.82, 2.24) is 14.8 Å². The zero-order valence-electron chi connectivity index (χ0n) is 20.1. The molecule has 0 saturated carbocycles. The lowest BCUT2D eigenvalue weighted by Gasteiger charge is -2.15. The van der Waals surface area contributed by atoms with E-state index in [4.69, 9.17) is 10.5 Å². The first-order valence-corrected chi connectivity index (χ1v) is 13.0. The van der Waals surface area contributed by atoms with Crippen molar-refractivity contribution in [3.8, 4) is 5.75 Å². The molecule has 0 saturated heterocycles. The van der Waals surface area contributed by atoms with Crippen molar-refractivity contribution in [3.63, 3.8) is 0 Å². The second-order valence-electron chi connectivity index (χ2n) is 8.46. The fraction of sp³-hybridized carbons (Fsp3) is 0.333. The van der Waals surface area contributed by atoms with E-state index in [0.29, 0.717) is 24.4 Å². The number of nitrogens with one attached hydrogen (secondary N) is 1. The maximum Gasteiger partial charge on any atom is 0.269 e. The van der Waals surface area contributed by atoms with E-state index in [1.165, 1.54) is 22.9 Å². The molecular weight excluding hydrogens is 470 g/mol. The molecule has 0 radical (unpaired) electrons. The van der Waals surface area contributed by atoms with Gasteiger partial charge in [0.1, 0.15) is 11.4 Å². The third kappa shape index (κ3) is 6.24. The number of aryl methyl sites for hydroxylation is 1. The number of sulfone groups is 1. The van der Waals surface area contributed by atoms with Gasteiger partial charge < -0.3 is 15.8 Å².